The van der Waals surface area contributed by atoms with Crippen molar-refractivity contribution in [3.63, 3.8) is 0 Å². The lowest BCUT2D eigenvalue weighted by Gasteiger charge is -2.12. The van der Waals surface area contributed by atoms with Gasteiger partial charge < -0.3 is 10.2 Å². The zero-order chi connectivity index (χ0) is 14.8. The predicted octanol–water partition coefficient (Wildman–Crippen LogP) is 2.50. The fourth-order valence-corrected chi connectivity index (χ4v) is 3.57. The quantitative estimate of drug-likeness (QED) is 0.922. The van der Waals surface area contributed by atoms with Crippen molar-refractivity contribution in [2.24, 2.45) is 0 Å². The number of nitrogens with one attached hydrogen (secondary N) is 1. The molecule has 1 aromatic carbocycles. The van der Waals surface area contributed by atoms with Crippen molar-refractivity contribution < 1.29 is 0 Å². The molecule has 1 N–H and O–H groups in total. The normalized spacial score (nSPS) is 13.5. The second-order valence-corrected chi connectivity index (χ2v) is 6.56. The Kier molecular flexibility index (Phi) is 4.12. The van der Waals surface area contributed by atoms with Gasteiger partial charge in [-0.3, -0.25) is 9.36 Å². The third kappa shape index (κ3) is 3.04. The van der Waals surface area contributed by atoms with Gasteiger partial charge in [-0.2, -0.15) is 0 Å². The predicted molar refractivity (Wildman–Crippen MR) is 89.4 cm³/mol. The molecule has 1 aliphatic heterocycles. The summed E-state index contributed by atoms with van der Waals surface area (Å²) in [5.41, 5.74) is 4.79. The van der Waals surface area contributed by atoms with E-state index in [1.165, 1.54) is 22.6 Å². The minimum atomic E-state index is 0.141. The van der Waals surface area contributed by atoms with Gasteiger partial charge in [0.25, 0.3) is 0 Å². The maximum atomic E-state index is 12.1. The van der Waals surface area contributed by atoms with E-state index >= 15 is 0 Å². The molecule has 2 aromatic rings. The average Bonchev–Trinajstić information content (AvgIpc) is 3.05. The van der Waals surface area contributed by atoms with Crippen LogP contribution in [0, 0.1) is 0 Å². The lowest BCUT2D eigenvalue weighted by atomic mass is 10.1. The zero-order valence-electron chi connectivity index (χ0n) is 12.6. The van der Waals surface area contributed by atoms with Gasteiger partial charge in [-0.05, 0) is 56.7 Å². The van der Waals surface area contributed by atoms with Crippen LogP contribution in [0.4, 0.5) is 5.69 Å². The maximum absolute atomic E-state index is 12.1. The van der Waals surface area contributed by atoms with E-state index < -0.39 is 0 Å². The molecule has 1 aliphatic rings. The Morgan fingerprint density at radius 3 is 3.05 bits per heavy atom. The van der Waals surface area contributed by atoms with E-state index in [1.54, 1.807) is 0 Å². The largest absolute Gasteiger partial charge is 0.384 e. The van der Waals surface area contributed by atoms with E-state index in [-0.39, 0.29) is 4.87 Å². The van der Waals surface area contributed by atoms with Gasteiger partial charge in [0.05, 0.1) is 5.69 Å². The number of fused-ring (bicyclic) bond motifs is 1. The van der Waals surface area contributed by atoms with Crippen LogP contribution in [0.15, 0.2) is 28.4 Å². The summed E-state index contributed by atoms with van der Waals surface area (Å²) in [6.07, 6.45) is 2.06. The van der Waals surface area contributed by atoms with E-state index in [4.69, 9.17) is 0 Å². The van der Waals surface area contributed by atoms with Crippen LogP contribution in [0.2, 0.25) is 0 Å². The van der Waals surface area contributed by atoms with E-state index in [0.717, 1.165) is 43.7 Å². The molecular weight excluding hydrogens is 282 g/mol. The van der Waals surface area contributed by atoms with Crippen LogP contribution in [-0.4, -0.2) is 36.7 Å². The summed E-state index contributed by atoms with van der Waals surface area (Å²) in [6.45, 7) is 2.79. The molecule has 0 radical (unpaired) electrons. The summed E-state index contributed by atoms with van der Waals surface area (Å²) in [5.74, 6) is 0. The van der Waals surface area contributed by atoms with E-state index in [2.05, 4.69) is 42.5 Å². The van der Waals surface area contributed by atoms with Crippen LogP contribution in [0.1, 0.15) is 12.0 Å². The first kappa shape index (κ1) is 14.4. The third-order valence-corrected chi connectivity index (χ3v) is 4.64. The highest BCUT2D eigenvalue weighted by Crippen LogP contribution is 2.28. The number of thiazole rings is 1. The molecule has 1 aromatic heterocycles. The second-order valence-electron chi connectivity index (χ2n) is 5.74. The molecule has 2 heterocycles. The number of benzene rings is 1. The number of rotatable bonds is 5. The Morgan fingerprint density at radius 2 is 2.24 bits per heavy atom. The summed E-state index contributed by atoms with van der Waals surface area (Å²) in [4.78, 5) is 14.4. The lowest BCUT2D eigenvalue weighted by molar-refractivity contribution is 0.386. The van der Waals surface area contributed by atoms with Crippen molar-refractivity contribution >= 4 is 17.0 Å². The number of hydrogen-bond donors (Lipinski definition) is 1. The van der Waals surface area contributed by atoms with Gasteiger partial charge in [0.15, 0.2) is 0 Å². The van der Waals surface area contributed by atoms with Crippen LogP contribution in [0.5, 0.6) is 0 Å². The van der Waals surface area contributed by atoms with Crippen LogP contribution in [0.3, 0.4) is 0 Å². The fraction of sp³-hybridized carbons (Fsp3) is 0.438. The molecule has 0 saturated heterocycles. The van der Waals surface area contributed by atoms with Gasteiger partial charge in [-0.25, -0.2) is 0 Å². The molecule has 5 heteroatoms. The van der Waals surface area contributed by atoms with Gasteiger partial charge in [0.2, 0.25) is 0 Å². The number of nitrogens with zero attached hydrogens (tertiary/aromatic N) is 2. The zero-order valence-corrected chi connectivity index (χ0v) is 13.4. The van der Waals surface area contributed by atoms with Crippen molar-refractivity contribution in [1.82, 2.24) is 9.47 Å². The molecular formula is C16H21N3OS. The van der Waals surface area contributed by atoms with Gasteiger partial charge in [0.1, 0.15) is 0 Å². The van der Waals surface area contributed by atoms with Crippen molar-refractivity contribution in [3.05, 3.63) is 38.8 Å². The smallest absolute Gasteiger partial charge is 0.307 e. The van der Waals surface area contributed by atoms with Crippen molar-refractivity contribution in [2.75, 3.05) is 32.5 Å². The first-order valence-electron chi connectivity index (χ1n) is 7.35. The van der Waals surface area contributed by atoms with Crippen LogP contribution >= 0.6 is 11.3 Å². The summed E-state index contributed by atoms with van der Waals surface area (Å²) >= 11 is 1.30. The highest BCUT2D eigenvalue weighted by Gasteiger charge is 2.14. The summed E-state index contributed by atoms with van der Waals surface area (Å²) in [7, 11) is 4.12. The maximum Gasteiger partial charge on any atom is 0.307 e. The number of hydrogen-bond acceptors (Lipinski definition) is 4. The molecule has 0 aliphatic carbocycles. The Morgan fingerprint density at radius 1 is 1.38 bits per heavy atom. The Bertz CT molecular complexity index is 687. The lowest BCUT2D eigenvalue weighted by Crippen LogP contribution is -2.19. The van der Waals surface area contributed by atoms with E-state index in [1.807, 2.05) is 9.95 Å². The van der Waals surface area contributed by atoms with Crippen LogP contribution in [-0.2, 0) is 13.0 Å². The highest BCUT2D eigenvalue weighted by molar-refractivity contribution is 7.07. The molecule has 0 saturated carbocycles. The summed E-state index contributed by atoms with van der Waals surface area (Å²) in [5, 5.41) is 5.36. The van der Waals surface area contributed by atoms with E-state index in [9.17, 15) is 4.79 Å². The molecule has 3 rings (SSSR count). The standard InChI is InChI=1S/C16H21N3OS/c1-18(2)8-3-9-19-15(11-21-16(19)20)13-4-5-14-12(10-13)6-7-17-14/h4-5,10-11,17H,3,6-9H2,1-2H3. The summed E-state index contributed by atoms with van der Waals surface area (Å²) < 4.78 is 1.91. The van der Waals surface area contributed by atoms with Gasteiger partial charge in [-0.1, -0.05) is 17.4 Å². The molecule has 0 unspecified atom stereocenters. The molecule has 21 heavy (non-hydrogen) atoms. The monoisotopic (exact) mass is 303 g/mol. The van der Waals surface area contributed by atoms with E-state index in [0.29, 0.717) is 0 Å². The Hall–Kier alpha value is -1.59. The van der Waals surface area contributed by atoms with Crippen molar-refractivity contribution in [3.8, 4) is 11.3 Å². The number of aromatic nitrogens is 1. The number of anilines is 1. The fourth-order valence-electron chi connectivity index (χ4n) is 2.78. The van der Waals surface area contributed by atoms with Crippen molar-refractivity contribution in [2.45, 2.75) is 19.4 Å². The van der Waals surface area contributed by atoms with Gasteiger partial charge >= 0.3 is 4.87 Å². The molecule has 4 nitrogen and oxygen atoms in total. The van der Waals surface area contributed by atoms with Crippen molar-refractivity contribution in [1.29, 1.82) is 0 Å². The first-order valence-corrected chi connectivity index (χ1v) is 8.23. The van der Waals surface area contributed by atoms with Crippen LogP contribution < -0.4 is 10.2 Å². The second kappa shape index (κ2) is 6.03. The molecule has 0 spiro atoms. The SMILES string of the molecule is CN(C)CCCn1c(-c2ccc3c(c2)CCN3)csc1=O. The molecule has 0 bridgehead atoms. The topological polar surface area (TPSA) is 37.3 Å². The average molecular weight is 303 g/mol. The third-order valence-electron chi connectivity index (χ3n) is 3.88. The Balaban J connectivity index is 1.87. The minimum Gasteiger partial charge on any atom is -0.384 e. The molecule has 112 valence electrons. The molecule has 0 fully saturated rings. The Labute approximate surface area is 129 Å². The van der Waals surface area contributed by atoms with Gasteiger partial charge in [0, 0.05) is 24.2 Å². The summed E-state index contributed by atoms with van der Waals surface area (Å²) in [6, 6.07) is 6.46. The first-order chi connectivity index (χ1) is 10.1. The highest BCUT2D eigenvalue weighted by atomic mass is 32.1. The van der Waals surface area contributed by atoms with Gasteiger partial charge in [-0.15, -0.1) is 0 Å². The molecule has 0 amide bonds. The molecule has 0 atom stereocenters. The van der Waals surface area contributed by atoms with Crippen LogP contribution in [0.25, 0.3) is 11.3 Å². The minimum absolute atomic E-state index is 0.141.